The van der Waals surface area contributed by atoms with Crippen LogP contribution in [0, 0.1) is 11.7 Å². The highest BCUT2D eigenvalue weighted by Crippen LogP contribution is 2.29. The standard InChI is InChI=1S/C20H19FN2O5/c1-22(14-6-8-15(9-7-14)28-12-19(25)26)20(27)13-10-18(24)23(11-13)17-5-3-2-4-16(17)21/h2-9,13H,10-12H2,1H3,(H,25,26). The van der Waals surface area contributed by atoms with Crippen LogP contribution < -0.4 is 14.5 Å². The normalized spacial score (nSPS) is 16.1. The highest BCUT2D eigenvalue weighted by atomic mass is 19.1. The Morgan fingerprint density at radius 3 is 2.54 bits per heavy atom. The number of carbonyl (C=O) groups excluding carboxylic acids is 2. The molecule has 2 amide bonds. The lowest BCUT2D eigenvalue weighted by molar-refractivity contribution is -0.139. The van der Waals surface area contributed by atoms with Crippen molar-refractivity contribution in [3.05, 3.63) is 54.3 Å². The van der Waals surface area contributed by atoms with Crippen LogP contribution in [0.3, 0.4) is 0 Å². The number of hydrogen-bond donors (Lipinski definition) is 1. The molecule has 1 heterocycles. The van der Waals surface area contributed by atoms with Gasteiger partial charge in [-0.05, 0) is 36.4 Å². The molecule has 1 atom stereocenters. The van der Waals surface area contributed by atoms with Crippen molar-refractivity contribution in [3.63, 3.8) is 0 Å². The summed E-state index contributed by atoms with van der Waals surface area (Å²) in [6, 6.07) is 12.3. The van der Waals surface area contributed by atoms with Crippen LogP contribution in [0.5, 0.6) is 5.75 Å². The summed E-state index contributed by atoms with van der Waals surface area (Å²) in [6.07, 6.45) is 0.0112. The first kappa shape index (κ1) is 19.3. The van der Waals surface area contributed by atoms with Crippen molar-refractivity contribution in [1.29, 1.82) is 0 Å². The number of hydrogen-bond acceptors (Lipinski definition) is 4. The molecule has 1 aliphatic rings. The van der Waals surface area contributed by atoms with E-state index in [2.05, 4.69) is 0 Å². The minimum Gasteiger partial charge on any atom is -0.482 e. The number of carboxylic acid groups (broad SMARTS) is 1. The Balaban J connectivity index is 1.67. The van der Waals surface area contributed by atoms with Crippen LogP contribution in [0.15, 0.2) is 48.5 Å². The largest absolute Gasteiger partial charge is 0.482 e. The van der Waals surface area contributed by atoms with Gasteiger partial charge in [0.1, 0.15) is 11.6 Å². The topological polar surface area (TPSA) is 87.2 Å². The Bertz CT molecular complexity index is 900. The molecule has 0 saturated carbocycles. The summed E-state index contributed by atoms with van der Waals surface area (Å²) in [5.41, 5.74) is 0.745. The first-order valence-electron chi connectivity index (χ1n) is 8.64. The van der Waals surface area contributed by atoms with E-state index >= 15 is 0 Å². The third-order valence-electron chi connectivity index (χ3n) is 4.53. The average molecular weight is 386 g/mol. The summed E-state index contributed by atoms with van der Waals surface area (Å²) < 4.78 is 19.0. The van der Waals surface area contributed by atoms with Crippen molar-refractivity contribution < 1.29 is 28.6 Å². The van der Waals surface area contributed by atoms with Gasteiger partial charge in [0.15, 0.2) is 6.61 Å². The second-order valence-corrected chi connectivity index (χ2v) is 6.43. The maximum atomic E-state index is 14.0. The van der Waals surface area contributed by atoms with E-state index in [1.807, 2.05) is 0 Å². The van der Waals surface area contributed by atoms with Crippen molar-refractivity contribution in [2.75, 3.05) is 30.0 Å². The number of rotatable bonds is 6. The average Bonchev–Trinajstić information content (AvgIpc) is 3.07. The number of ether oxygens (including phenoxy) is 1. The van der Waals surface area contributed by atoms with E-state index in [0.717, 1.165) is 0 Å². The number of carbonyl (C=O) groups is 3. The van der Waals surface area contributed by atoms with Crippen LogP contribution in [-0.4, -0.2) is 43.1 Å². The lowest BCUT2D eigenvalue weighted by Crippen LogP contribution is -2.34. The SMILES string of the molecule is CN(C(=O)C1CC(=O)N(c2ccccc2F)C1)c1ccc(OCC(=O)O)cc1. The quantitative estimate of drug-likeness (QED) is 0.823. The van der Waals surface area contributed by atoms with Crippen LogP contribution >= 0.6 is 0 Å². The van der Waals surface area contributed by atoms with E-state index in [9.17, 15) is 18.8 Å². The number of aliphatic carboxylic acids is 1. The first-order chi connectivity index (χ1) is 13.4. The predicted molar refractivity (Wildman–Crippen MR) is 99.8 cm³/mol. The van der Waals surface area contributed by atoms with Gasteiger partial charge in [-0.15, -0.1) is 0 Å². The van der Waals surface area contributed by atoms with E-state index in [0.29, 0.717) is 11.4 Å². The Labute approximate surface area is 160 Å². The fraction of sp³-hybridized carbons (Fsp3) is 0.250. The predicted octanol–water partition coefficient (Wildman–Crippen LogP) is 2.30. The van der Waals surface area contributed by atoms with Crippen LogP contribution in [0.25, 0.3) is 0 Å². The number of anilines is 2. The van der Waals surface area contributed by atoms with Crippen molar-refractivity contribution in [3.8, 4) is 5.75 Å². The molecule has 146 valence electrons. The molecule has 2 aromatic rings. The number of benzene rings is 2. The summed E-state index contributed by atoms with van der Waals surface area (Å²) >= 11 is 0. The molecule has 28 heavy (non-hydrogen) atoms. The fourth-order valence-corrected chi connectivity index (χ4v) is 3.09. The van der Waals surface area contributed by atoms with Crippen molar-refractivity contribution in [2.45, 2.75) is 6.42 Å². The summed E-state index contributed by atoms with van der Waals surface area (Å²) in [7, 11) is 1.59. The van der Waals surface area contributed by atoms with Gasteiger partial charge in [-0.2, -0.15) is 0 Å². The second-order valence-electron chi connectivity index (χ2n) is 6.43. The maximum Gasteiger partial charge on any atom is 0.341 e. The Kier molecular flexibility index (Phi) is 5.58. The van der Waals surface area contributed by atoms with Gasteiger partial charge in [-0.3, -0.25) is 9.59 Å². The highest BCUT2D eigenvalue weighted by molar-refractivity contribution is 6.04. The van der Waals surface area contributed by atoms with Gasteiger partial charge >= 0.3 is 5.97 Å². The number of carboxylic acids is 1. The molecule has 1 aliphatic heterocycles. The minimum absolute atomic E-state index is 0.0112. The van der Waals surface area contributed by atoms with Crippen molar-refractivity contribution in [1.82, 2.24) is 0 Å². The van der Waals surface area contributed by atoms with Gasteiger partial charge in [0.2, 0.25) is 11.8 Å². The molecule has 1 unspecified atom stereocenters. The number of halogens is 1. The van der Waals surface area contributed by atoms with Crippen molar-refractivity contribution >= 4 is 29.2 Å². The summed E-state index contributed by atoms with van der Waals surface area (Å²) in [4.78, 5) is 38.3. The third kappa shape index (κ3) is 4.11. The van der Waals surface area contributed by atoms with Crippen LogP contribution in [0.1, 0.15) is 6.42 Å². The molecule has 0 aliphatic carbocycles. The maximum absolute atomic E-state index is 14.0. The minimum atomic E-state index is -1.08. The van der Waals surface area contributed by atoms with Gasteiger partial charge in [-0.25, -0.2) is 9.18 Å². The van der Waals surface area contributed by atoms with E-state index < -0.39 is 24.3 Å². The Morgan fingerprint density at radius 1 is 1.21 bits per heavy atom. The Morgan fingerprint density at radius 2 is 1.89 bits per heavy atom. The molecule has 0 radical (unpaired) electrons. The van der Waals surface area contributed by atoms with Gasteiger partial charge in [0.25, 0.3) is 0 Å². The van der Waals surface area contributed by atoms with Crippen LogP contribution in [-0.2, 0) is 14.4 Å². The molecular weight excluding hydrogens is 367 g/mol. The van der Waals surface area contributed by atoms with Crippen molar-refractivity contribution in [2.24, 2.45) is 5.92 Å². The molecule has 2 aromatic carbocycles. The molecule has 0 aromatic heterocycles. The summed E-state index contributed by atoms with van der Waals surface area (Å²) in [5.74, 6) is -2.36. The van der Waals surface area contributed by atoms with Crippen LogP contribution in [0.2, 0.25) is 0 Å². The summed E-state index contributed by atoms with van der Waals surface area (Å²) in [5, 5.41) is 8.62. The van der Waals surface area contributed by atoms with Crippen LogP contribution in [0.4, 0.5) is 15.8 Å². The molecule has 1 N–H and O–H groups in total. The van der Waals surface area contributed by atoms with Gasteiger partial charge in [0, 0.05) is 25.7 Å². The van der Waals surface area contributed by atoms with E-state index in [1.54, 1.807) is 43.4 Å². The first-order valence-corrected chi connectivity index (χ1v) is 8.64. The number of nitrogens with zero attached hydrogens (tertiary/aromatic N) is 2. The highest BCUT2D eigenvalue weighted by Gasteiger charge is 2.37. The molecule has 0 bridgehead atoms. The van der Waals surface area contributed by atoms with E-state index in [4.69, 9.17) is 9.84 Å². The molecule has 8 heteroatoms. The third-order valence-corrected chi connectivity index (χ3v) is 4.53. The zero-order chi connectivity index (χ0) is 20.3. The lowest BCUT2D eigenvalue weighted by Gasteiger charge is -2.22. The van der Waals surface area contributed by atoms with Gasteiger partial charge in [0.05, 0.1) is 11.6 Å². The zero-order valence-corrected chi connectivity index (χ0v) is 15.2. The zero-order valence-electron chi connectivity index (χ0n) is 15.2. The molecule has 7 nitrogen and oxygen atoms in total. The van der Waals surface area contributed by atoms with E-state index in [-0.39, 0.29) is 30.5 Å². The number of para-hydroxylation sites is 1. The molecular formula is C20H19FN2O5. The monoisotopic (exact) mass is 386 g/mol. The molecule has 1 fully saturated rings. The fourth-order valence-electron chi connectivity index (χ4n) is 3.09. The smallest absolute Gasteiger partial charge is 0.341 e. The Hall–Kier alpha value is -3.42. The summed E-state index contributed by atoms with van der Waals surface area (Å²) in [6.45, 7) is -0.340. The van der Waals surface area contributed by atoms with E-state index in [1.165, 1.54) is 21.9 Å². The lowest BCUT2D eigenvalue weighted by atomic mass is 10.1. The number of amides is 2. The van der Waals surface area contributed by atoms with Gasteiger partial charge < -0.3 is 19.6 Å². The van der Waals surface area contributed by atoms with Gasteiger partial charge in [-0.1, -0.05) is 12.1 Å². The second kappa shape index (κ2) is 8.08. The molecule has 1 saturated heterocycles. The molecule has 3 rings (SSSR count). The molecule has 0 spiro atoms.